The van der Waals surface area contributed by atoms with E-state index in [2.05, 4.69) is 26.6 Å². The van der Waals surface area contributed by atoms with Crippen LogP contribution in [0.15, 0.2) is 58.6 Å². The SMILES string of the molecule is CCOc1cc(/C=C(\C#N)C(=O)Nc2ccc(C)cc2C)cc(Br)c1OCC(=O)Nc1cc(C)ccc1C. The Morgan fingerprint density at radius 2 is 1.63 bits per heavy atom. The molecule has 0 spiro atoms. The van der Waals surface area contributed by atoms with Crippen LogP contribution in [0.25, 0.3) is 6.08 Å². The predicted octanol–water partition coefficient (Wildman–Crippen LogP) is 6.64. The molecule has 0 saturated carbocycles. The van der Waals surface area contributed by atoms with Gasteiger partial charge in [0.05, 0.1) is 11.1 Å². The van der Waals surface area contributed by atoms with Gasteiger partial charge in [0.2, 0.25) is 0 Å². The first-order valence-electron chi connectivity index (χ1n) is 12.1. The summed E-state index contributed by atoms with van der Waals surface area (Å²) in [5.41, 5.74) is 5.82. The second-order valence-electron chi connectivity index (χ2n) is 8.86. The molecule has 0 atom stereocenters. The Hall–Kier alpha value is -4.09. The Bertz CT molecular complexity index is 1440. The lowest BCUT2D eigenvalue weighted by molar-refractivity contribution is -0.118. The van der Waals surface area contributed by atoms with Gasteiger partial charge < -0.3 is 20.1 Å². The molecule has 2 amide bonds. The highest BCUT2D eigenvalue weighted by atomic mass is 79.9. The van der Waals surface area contributed by atoms with Gasteiger partial charge >= 0.3 is 0 Å². The molecule has 0 radical (unpaired) electrons. The van der Waals surface area contributed by atoms with Gasteiger partial charge in [-0.1, -0.05) is 29.8 Å². The summed E-state index contributed by atoms with van der Waals surface area (Å²) in [6.45, 7) is 9.68. The molecular formula is C30H30BrN3O4. The average Bonchev–Trinajstić information content (AvgIpc) is 2.86. The van der Waals surface area contributed by atoms with Crippen molar-refractivity contribution in [1.29, 1.82) is 5.26 Å². The van der Waals surface area contributed by atoms with Crippen LogP contribution in [0.1, 0.15) is 34.7 Å². The lowest BCUT2D eigenvalue weighted by Crippen LogP contribution is -2.21. The smallest absolute Gasteiger partial charge is 0.266 e. The van der Waals surface area contributed by atoms with E-state index < -0.39 is 5.91 Å². The molecule has 2 N–H and O–H groups in total. The van der Waals surface area contributed by atoms with Crippen LogP contribution in [0.3, 0.4) is 0 Å². The van der Waals surface area contributed by atoms with E-state index in [1.54, 1.807) is 12.1 Å². The van der Waals surface area contributed by atoms with E-state index in [1.807, 2.05) is 77.1 Å². The van der Waals surface area contributed by atoms with Crippen LogP contribution in [0.4, 0.5) is 11.4 Å². The molecule has 3 rings (SSSR count). The monoisotopic (exact) mass is 575 g/mol. The molecule has 196 valence electrons. The fourth-order valence-electron chi connectivity index (χ4n) is 3.73. The lowest BCUT2D eigenvalue weighted by Gasteiger charge is -2.15. The first-order valence-corrected chi connectivity index (χ1v) is 12.9. The van der Waals surface area contributed by atoms with E-state index in [4.69, 9.17) is 9.47 Å². The van der Waals surface area contributed by atoms with Gasteiger partial charge in [-0.25, -0.2) is 0 Å². The maximum Gasteiger partial charge on any atom is 0.266 e. The highest BCUT2D eigenvalue weighted by molar-refractivity contribution is 9.10. The number of halogens is 1. The molecule has 3 aromatic rings. The first kappa shape index (κ1) is 28.5. The number of anilines is 2. The second kappa shape index (κ2) is 12.9. The van der Waals surface area contributed by atoms with Crippen LogP contribution in [0.2, 0.25) is 0 Å². The maximum atomic E-state index is 12.8. The molecule has 0 aromatic heterocycles. The van der Waals surface area contributed by atoms with E-state index in [9.17, 15) is 14.9 Å². The Balaban J connectivity index is 1.79. The molecule has 7 nitrogen and oxygen atoms in total. The van der Waals surface area contributed by atoms with Crippen molar-refractivity contribution in [3.63, 3.8) is 0 Å². The van der Waals surface area contributed by atoms with E-state index in [1.165, 1.54) is 6.08 Å². The molecule has 38 heavy (non-hydrogen) atoms. The van der Waals surface area contributed by atoms with Crippen LogP contribution < -0.4 is 20.1 Å². The molecule has 8 heteroatoms. The van der Waals surface area contributed by atoms with Crippen molar-refractivity contribution in [2.45, 2.75) is 34.6 Å². The quantitative estimate of drug-likeness (QED) is 0.220. The lowest BCUT2D eigenvalue weighted by atomic mass is 10.1. The van der Waals surface area contributed by atoms with Crippen LogP contribution in [-0.4, -0.2) is 25.0 Å². The van der Waals surface area contributed by atoms with E-state index in [0.717, 1.165) is 27.9 Å². The average molecular weight is 576 g/mol. The van der Waals surface area contributed by atoms with Crippen molar-refractivity contribution in [2.75, 3.05) is 23.8 Å². The number of hydrogen-bond donors (Lipinski definition) is 2. The van der Waals surface area contributed by atoms with Crippen molar-refractivity contribution in [3.05, 3.63) is 86.4 Å². The number of nitrogens with one attached hydrogen (secondary N) is 2. The van der Waals surface area contributed by atoms with Crippen molar-refractivity contribution in [2.24, 2.45) is 0 Å². The summed E-state index contributed by atoms with van der Waals surface area (Å²) < 4.78 is 12.1. The van der Waals surface area contributed by atoms with Gasteiger partial charge in [-0.15, -0.1) is 0 Å². The third kappa shape index (κ3) is 7.46. The van der Waals surface area contributed by atoms with Crippen LogP contribution in [0, 0.1) is 39.0 Å². The molecule has 0 heterocycles. The third-order valence-corrected chi connectivity index (χ3v) is 6.24. The minimum Gasteiger partial charge on any atom is -0.490 e. The Morgan fingerprint density at radius 1 is 0.921 bits per heavy atom. The Labute approximate surface area is 231 Å². The van der Waals surface area contributed by atoms with Crippen molar-refractivity contribution < 1.29 is 19.1 Å². The largest absolute Gasteiger partial charge is 0.490 e. The summed E-state index contributed by atoms with van der Waals surface area (Å²) >= 11 is 3.48. The molecule has 0 aliphatic carbocycles. The number of carbonyl (C=O) groups is 2. The van der Waals surface area contributed by atoms with Crippen LogP contribution in [-0.2, 0) is 9.59 Å². The predicted molar refractivity (Wildman–Crippen MR) is 153 cm³/mol. The number of hydrogen-bond acceptors (Lipinski definition) is 5. The molecular weight excluding hydrogens is 546 g/mol. The van der Waals surface area contributed by atoms with Gasteiger partial charge in [0.15, 0.2) is 18.1 Å². The molecule has 0 fully saturated rings. The fraction of sp³-hybridized carbons (Fsp3) is 0.233. The van der Waals surface area contributed by atoms with Crippen molar-refractivity contribution in [3.8, 4) is 17.6 Å². The molecule has 0 aliphatic rings. The molecule has 3 aromatic carbocycles. The zero-order valence-corrected chi connectivity index (χ0v) is 23.7. The topological polar surface area (TPSA) is 100 Å². The minimum absolute atomic E-state index is 0.0686. The summed E-state index contributed by atoms with van der Waals surface area (Å²) in [5.74, 6) is -0.109. The van der Waals surface area contributed by atoms with E-state index in [-0.39, 0.29) is 18.1 Å². The van der Waals surface area contributed by atoms with Crippen molar-refractivity contribution in [1.82, 2.24) is 0 Å². The summed E-state index contributed by atoms with van der Waals surface area (Å²) in [5, 5.41) is 15.3. The normalized spacial score (nSPS) is 10.9. The number of aryl methyl sites for hydroxylation is 4. The minimum atomic E-state index is -0.517. The zero-order valence-electron chi connectivity index (χ0n) is 22.1. The fourth-order valence-corrected chi connectivity index (χ4v) is 4.30. The maximum absolute atomic E-state index is 12.8. The summed E-state index contributed by atoms with van der Waals surface area (Å²) in [4.78, 5) is 25.4. The van der Waals surface area contributed by atoms with Gasteiger partial charge in [-0.05, 0) is 103 Å². The molecule has 0 aliphatic heterocycles. The summed E-state index contributed by atoms with van der Waals surface area (Å²) in [6, 6.07) is 16.8. The number of nitrogens with zero attached hydrogens (tertiary/aromatic N) is 1. The van der Waals surface area contributed by atoms with Gasteiger partial charge in [-0.2, -0.15) is 5.26 Å². The number of rotatable bonds is 9. The van der Waals surface area contributed by atoms with Crippen LogP contribution in [0.5, 0.6) is 11.5 Å². The molecule has 0 saturated heterocycles. The number of carbonyl (C=O) groups excluding carboxylic acids is 2. The number of nitriles is 1. The zero-order chi connectivity index (χ0) is 27.8. The Morgan fingerprint density at radius 3 is 2.32 bits per heavy atom. The number of ether oxygens (including phenoxy) is 2. The highest BCUT2D eigenvalue weighted by Crippen LogP contribution is 2.37. The van der Waals surface area contributed by atoms with Gasteiger partial charge in [0.1, 0.15) is 11.6 Å². The second-order valence-corrected chi connectivity index (χ2v) is 9.71. The highest BCUT2D eigenvalue weighted by Gasteiger charge is 2.16. The van der Waals surface area contributed by atoms with Crippen molar-refractivity contribution >= 4 is 45.2 Å². The number of benzene rings is 3. The molecule has 0 bridgehead atoms. The van der Waals surface area contributed by atoms with Gasteiger partial charge in [0.25, 0.3) is 11.8 Å². The summed E-state index contributed by atoms with van der Waals surface area (Å²) in [6.07, 6.45) is 1.48. The van der Waals surface area contributed by atoms with E-state index >= 15 is 0 Å². The van der Waals surface area contributed by atoms with Gasteiger partial charge in [0, 0.05) is 11.4 Å². The van der Waals surface area contributed by atoms with E-state index in [0.29, 0.717) is 33.8 Å². The van der Waals surface area contributed by atoms with Crippen LogP contribution >= 0.6 is 15.9 Å². The summed E-state index contributed by atoms with van der Waals surface area (Å²) in [7, 11) is 0. The standard InChI is InChI=1S/C30H30BrN3O4/c1-6-37-27-15-22(13-23(16-32)30(36)34-25-10-8-18(2)11-21(25)5)14-24(31)29(27)38-17-28(35)33-26-12-19(3)7-9-20(26)4/h7-15H,6,17H2,1-5H3,(H,33,35)(H,34,36)/b23-13+. The Kier molecular flexibility index (Phi) is 9.69. The first-order chi connectivity index (χ1) is 18.1. The number of amides is 2. The van der Waals surface area contributed by atoms with Gasteiger partial charge in [-0.3, -0.25) is 9.59 Å². The third-order valence-electron chi connectivity index (χ3n) is 5.65. The molecule has 0 unspecified atom stereocenters.